The van der Waals surface area contributed by atoms with E-state index in [1.165, 1.54) is 6.20 Å². The lowest BCUT2D eigenvalue weighted by Crippen LogP contribution is -2.35. The number of carbonyl (C=O) groups is 1. The molecule has 31 heavy (non-hydrogen) atoms. The van der Waals surface area contributed by atoms with Gasteiger partial charge in [0.1, 0.15) is 5.69 Å². The number of carbonyl (C=O) groups excluding carboxylic acids is 1. The van der Waals surface area contributed by atoms with Crippen molar-refractivity contribution in [2.45, 2.75) is 26.9 Å². The first-order valence-electron chi connectivity index (χ1n) is 9.90. The first-order valence-corrected chi connectivity index (χ1v) is 9.90. The summed E-state index contributed by atoms with van der Waals surface area (Å²) >= 11 is 0. The number of benzene rings is 1. The molecule has 0 saturated heterocycles. The Morgan fingerprint density at radius 2 is 1.87 bits per heavy atom. The van der Waals surface area contributed by atoms with E-state index in [2.05, 4.69) is 15.1 Å². The van der Waals surface area contributed by atoms with E-state index >= 15 is 0 Å². The van der Waals surface area contributed by atoms with Crippen LogP contribution in [0.5, 0.6) is 0 Å². The molecule has 0 atom stereocenters. The second-order valence-corrected chi connectivity index (χ2v) is 7.68. The van der Waals surface area contributed by atoms with Gasteiger partial charge in [-0.1, -0.05) is 18.2 Å². The summed E-state index contributed by atoms with van der Waals surface area (Å²) < 4.78 is 3.63. The van der Waals surface area contributed by atoms with Crippen molar-refractivity contribution in [3.63, 3.8) is 0 Å². The van der Waals surface area contributed by atoms with Gasteiger partial charge in [-0.05, 0) is 26.0 Å². The van der Waals surface area contributed by atoms with E-state index in [1.807, 2.05) is 62.8 Å². The number of hydrogen-bond acceptors (Lipinski definition) is 4. The SMILES string of the molecule is Cc1nn(C)c(C)c1CN(Cc1c[nH]c(=O)[nH]c1=O)C(=O)c1cc2ccccc2n1C. The number of rotatable bonds is 5. The fraction of sp³-hybridized carbons (Fsp3) is 0.273. The molecule has 160 valence electrons. The largest absolute Gasteiger partial charge is 0.340 e. The van der Waals surface area contributed by atoms with Crippen LogP contribution in [-0.2, 0) is 27.2 Å². The summed E-state index contributed by atoms with van der Waals surface area (Å²) in [7, 11) is 3.70. The molecule has 0 fully saturated rings. The Kier molecular flexibility index (Phi) is 5.10. The van der Waals surface area contributed by atoms with Crippen LogP contribution < -0.4 is 11.2 Å². The summed E-state index contributed by atoms with van der Waals surface area (Å²) in [6.07, 6.45) is 1.35. The average Bonchev–Trinajstić information content (AvgIpc) is 3.19. The Hall–Kier alpha value is -3.88. The van der Waals surface area contributed by atoms with Crippen LogP contribution in [0.4, 0.5) is 0 Å². The number of para-hydroxylation sites is 1. The number of H-pyrrole nitrogens is 2. The third kappa shape index (κ3) is 3.70. The van der Waals surface area contributed by atoms with Gasteiger partial charge < -0.3 is 14.5 Å². The maximum Gasteiger partial charge on any atom is 0.325 e. The minimum absolute atomic E-state index is 0.0419. The smallest absolute Gasteiger partial charge is 0.325 e. The molecule has 0 aliphatic rings. The molecule has 3 heterocycles. The fourth-order valence-corrected chi connectivity index (χ4v) is 3.85. The summed E-state index contributed by atoms with van der Waals surface area (Å²) in [5, 5.41) is 5.40. The normalized spacial score (nSPS) is 11.2. The van der Waals surface area contributed by atoms with E-state index in [-0.39, 0.29) is 19.0 Å². The van der Waals surface area contributed by atoms with E-state index in [9.17, 15) is 14.4 Å². The summed E-state index contributed by atoms with van der Waals surface area (Å²) in [5.74, 6) is -0.216. The van der Waals surface area contributed by atoms with Crippen molar-refractivity contribution in [3.05, 3.63) is 85.6 Å². The van der Waals surface area contributed by atoms with E-state index in [0.717, 1.165) is 27.9 Å². The van der Waals surface area contributed by atoms with Gasteiger partial charge in [-0.2, -0.15) is 5.10 Å². The third-order valence-electron chi connectivity index (χ3n) is 5.72. The molecule has 4 rings (SSSR count). The molecule has 1 amide bonds. The second-order valence-electron chi connectivity index (χ2n) is 7.68. The lowest BCUT2D eigenvalue weighted by molar-refractivity contribution is 0.0719. The molecule has 4 aromatic rings. The van der Waals surface area contributed by atoms with E-state index in [1.54, 1.807) is 9.58 Å². The molecule has 0 saturated carbocycles. The molecular formula is C22H24N6O3. The number of hydrogen-bond donors (Lipinski definition) is 2. The minimum atomic E-state index is -0.584. The van der Waals surface area contributed by atoms with Crippen molar-refractivity contribution in [2.75, 3.05) is 0 Å². The van der Waals surface area contributed by atoms with Crippen LogP contribution in [0.3, 0.4) is 0 Å². The van der Waals surface area contributed by atoms with Crippen molar-refractivity contribution in [2.24, 2.45) is 14.1 Å². The highest BCUT2D eigenvalue weighted by Crippen LogP contribution is 2.22. The van der Waals surface area contributed by atoms with Crippen molar-refractivity contribution in [1.82, 2.24) is 29.2 Å². The van der Waals surface area contributed by atoms with Crippen LogP contribution >= 0.6 is 0 Å². The lowest BCUT2D eigenvalue weighted by atomic mass is 10.1. The molecule has 2 N–H and O–H groups in total. The summed E-state index contributed by atoms with van der Waals surface area (Å²) in [5.41, 5.74) is 3.36. The number of nitrogens with one attached hydrogen (secondary N) is 2. The molecule has 3 aromatic heterocycles. The van der Waals surface area contributed by atoms with Gasteiger partial charge in [0.2, 0.25) is 0 Å². The zero-order valence-electron chi connectivity index (χ0n) is 17.9. The maximum absolute atomic E-state index is 13.6. The number of nitrogens with zero attached hydrogens (tertiary/aromatic N) is 4. The zero-order valence-corrected chi connectivity index (χ0v) is 17.9. The standard InChI is InChI=1S/C22H24N6O3/c1-13-17(14(2)27(4)25-13)12-28(11-16-10-23-22(31)24-20(16)29)21(30)19-9-15-7-5-6-8-18(15)26(19)3/h5-10H,11-12H2,1-4H3,(H2,23,24,29,31). The minimum Gasteiger partial charge on any atom is -0.340 e. The number of aromatic nitrogens is 5. The highest BCUT2D eigenvalue weighted by molar-refractivity contribution is 5.98. The molecule has 9 nitrogen and oxygen atoms in total. The van der Waals surface area contributed by atoms with Gasteiger partial charge in [-0.3, -0.25) is 19.3 Å². The van der Waals surface area contributed by atoms with Crippen LogP contribution in [0.25, 0.3) is 10.9 Å². The highest BCUT2D eigenvalue weighted by atomic mass is 16.2. The summed E-state index contributed by atoms with van der Waals surface area (Å²) in [4.78, 5) is 43.7. The second kappa shape index (κ2) is 7.75. The van der Waals surface area contributed by atoms with Crippen molar-refractivity contribution in [3.8, 4) is 0 Å². The van der Waals surface area contributed by atoms with Gasteiger partial charge in [0.05, 0.1) is 24.3 Å². The van der Waals surface area contributed by atoms with Crippen LogP contribution in [0.1, 0.15) is 33.0 Å². The molecule has 9 heteroatoms. The molecule has 0 aliphatic carbocycles. The molecule has 0 radical (unpaired) electrons. The predicted molar refractivity (Wildman–Crippen MR) is 117 cm³/mol. The van der Waals surface area contributed by atoms with Crippen LogP contribution in [0.2, 0.25) is 0 Å². The Balaban J connectivity index is 1.78. The van der Waals surface area contributed by atoms with E-state index in [4.69, 9.17) is 0 Å². The van der Waals surface area contributed by atoms with Crippen LogP contribution in [0, 0.1) is 13.8 Å². The molecular weight excluding hydrogens is 396 g/mol. The maximum atomic E-state index is 13.6. The van der Waals surface area contributed by atoms with Gasteiger partial charge in [0.15, 0.2) is 0 Å². The first kappa shape index (κ1) is 20.4. The summed E-state index contributed by atoms with van der Waals surface area (Å²) in [6.45, 7) is 4.17. The molecule has 0 unspecified atom stereocenters. The van der Waals surface area contributed by atoms with Gasteiger partial charge in [0, 0.05) is 42.5 Å². The van der Waals surface area contributed by atoms with Crippen molar-refractivity contribution in [1.29, 1.82) is 0 Å². The molecule has 0 bridgehead atoms. The average molecular weight is 420 g/mol. The molecule has 0 spiro atoms. The monoisotopic (exact) mass is 420 g/mol. The molecule has 0 aliphatic heterocycles. The topological polar surface area (TPSA) is 109 Å². The Morgan fingerprint density at radius 1 is 1.13 bits per heavy atom. The van der Waals surface area contributed by atoms with Crippen LogP contribution in [-0.4, -0.2) is 35.1 Å². The first-order chi connectivity index (χ1) is 14.8. The van der Waals surface area contributed by atoms with Crippen molar-refractivity contribution < 1.29 is 4.79 Å². The summed E-state index contributed by atoms with van der Waals surface area (Å²) in [6, 6.07) is 9.62. The van der Waals surface area contributed by atoms with Gasteiger partial charge in [-0.25, -0.2) is 4.79 Å². The zero-order chi connectivity index (χ0) is 22.3. The van der Waals surface area contributed by atoms with Gasteiger partial charge >= 0.3 is 5.69 Å². The van der Waals surface area contributed by atoms with E-state index < -0.39 is 11.2 Å². The lowest BCUT2D eigenvalue weighted by Gasteiger charge is -2.23. The number of amides is 1. The number of aryl methyl sites for hydroxylation is 3. The third-order valence-corrected chi connectivity index (χ3v) is 5.72. The Labute approximate surface area is 177 Å². The van der Waals surface area contributed by atoms with Crippen LogP contribution in [0.15, 0.2) is 46.1 Å². The predicted octanol–water partition coefficient (Wildman–Crippen LogP) is 1.75. The quantitative estimate of drug-likeness (QED) is 0.513. The fourth-order valence-electron chi connectivity index (χ4n) is 3.85. The molecule has 1 aromatic carbocycles. The number of aromatic amines is 2. The Bertz CT molecular complexity index is 1400. The Morgan fingerprint density at radius 3 is 2.52 bits per heavy atom. The van der Waals surface area contributed by atoms with Gasteiger partial charge in [-0.15, -0.1) is 0 Å². The number of fused-ring (bicyclic) bond motifs is 1. The van der Waals surface area contributed by atoms with Gasteiger partial charge in [0.25, 0.3) is 11.5 Å². The van der Waals surface area contributed by atoms with Crippen molar-refractivity contribution >= 4 is 16.8 Å². The highest BCUT2D eigenvalue weighted by Gasteiger charge is 2.24. The van der Waals surface area contributed by atoms with E-state index in [0.29, 0.717) is 11.3 Å².